The van der Waals surface area contributed by atoms with Gasteiger partial charge in [0.1, 0.15) is 0 Å². The maximum Gasteiger partial charge on any atom is 0.416 e. The van der Waals surface area contributed by atoms with Crippen molar-refractivity contribution in [1.82, 2.24) is 0 Å². The minimum Gasteiger partial charge on any atom is -0.481 e. The monoisotopic (exact) mass is 301 g/mol. The van der Waals surface area contributed by atoms with E-state index in [1.54, 1.807) is 6.07 Å². The lowest BCUT2D eigenvalue weighted by molar-refractivity contribution is -0.155. The Kier molecular flexibility index (Phi) is 4.92. The number of hydrogen-bond donors (Lipinski definition) is 2. The van der Waals surface area contributed by atoms with Crippen LogP contribution in [0.15, 0.2) is 24.3 Å². The van der Waals surface area contributed by atoms with E-state index in [1.165, 1.54) is 6.07 Å². The molecule has 21 heavy (non-hydrogen) atoms. The number of rotatable bonds is 5. The van der Waals surface area contributed by atoms with E-state index in [9.17, 15) is 22.8 Å². The molecule has 1 aromatic rings. The Bertz CT molecular complexity index is 578. The number of carboxylic acid groups (broad SMARTS) is 2. The molecule has 0 unspecified atom stereocenters. The van der Waals surface area contributed by atoms with Crippen LogP contribution in [-0.4, -0.2) is 22.2 Å². The third-order valence-electron chi connectivity index (χ3n) is 2.84. The maximum absolute atomic E-state index is 12.6. The lowest BCUT2D eigenvalue weighted by Gasteiger charge is -2.14. The molecule has 0 aliphatic carbocycles. The van der Waals surface area contributed by atoms with Gasteiger partial charge in [0.05, 0.1) is 17.6 Å². The highest BCUT2D eigenvalue weighted by Crippen LogP contribution is 2.32. The summed E-state index contributed by atoms with van der Waals surface area (Å²) in [6, 6.07) is 5.48. The summed E-state index contributed by atoms with van der Waals surface area (Å²) in [5.74, 6) is -6.40. The number of halogens is 3. The fourth-order valence-corrected chi connectivity index (χ4v) is 1.74. The topological polar surface area (TPSA) is 98.4 Å². The van der Waals surface area contributed by atoms with Crippen LogP contribution >= 0.6 is 0 Å². The summed E-state index contributed by atoms with van der Waals surface area (Å²) in [7, 11) is 0. The summed E-state index contributed by atoms with van der Waals surface area (Å²) in [5, 5.41) is 26.5. The molecule has 0 saturated heterocycles. The van der Waals surface area contributed by atoms with Crippen molar-refractivity contribution in [3.63, 3.8) is 0 Å². The fraction of sp³-hybridized carbons (Fsp3) is 0.308. The molecule has 0 radical (unpaired) electrons. The quantitative estimate of drug-likeness (QED) is 0.814. The van der Waals surface area contributed by atoms with E-state index in [4.69, 9.17) is 15.5 Å². The van der Waals surface area contributed by atoms with Gasteiger partial charge in [-0.15, -0.1) is 0 Å². The van der Waals surface area contributed by atoms with Crippen molar-refractivity contribution in [1.29, 1.82) is 5.26 Å². The molecule has 0 amide bonds. The summed E-state index contributed by atoms with van der Waals surface area (Å²) in [5.41, 5.74) is -1.05. The van der Waals surface area contributed by atoms with Crippen LogP contribution in [-0.2, 0) is 15.8 Å². The average molecular weight is 301 g/mol. The zero-order valence-corrected chi connectivity index (χ0v) is 10.5. The largest absolute Gasteiger partial charge is 0.481 e. The molecular formula is C13H10F3NO4. The number of carboxylic acids is 2. The number of nitriles is 1. The maximum atomic E-state index is 12.6. The Labute approximate surface area is 117 Å². The smallest absolute Gasteiger partial charge is 0.416 e. The molecule has 112 valence electrons. The van der Waals surface area contributed by atoms with E-state index in [1.807, 2.05) is 0 Å². The normalized spacial score (nSPS) is 12.7. The van der Waals surface area contributed by atoms with E-state index in [2.05, 4.69) is 0 Å². The van der Waals surface area contributed by atoms with Crippen molar-refractivity contribution >= 4 is 11.9 Å². The van der Waals surface area contributed by atoms with Crippen LogP contribution in [0.4, 0.5) is 13.2 Å². The molecule has 1 rings (SSSR count). The summed E-state index contributed by atoms with van der Waals surface area (Å²) >= 11 is 0. The van der Waals surface area contributed by atoms with Crippen LogP contribution in [0.5, 0.6) is 0 Å². The lowest BCUT2D eigenvalue weighted by atomic mass is 9.89. The molecule has 0 bridgehead atoms. The van der Waals surface area contributed by atoms with E-state index in [-0.39, 0.29) is 5.56 Å². The molecule has 0 aromatic heterocycles. The molecule has 0 aliphatic heterocycles. The third-order valence-corrected chi connectivity index (χ3v) is 2.84. The van der Waals surface area contributed by atoms with Crippen LogP contribution in [0.1, 0.15) is 23.5 Å². The van der Waals surface area contributed by atoms with E-state index < -0.39 is 41.9 Å². The van der Waals surface area contributed by atoms with Gasteiger partial charge in [-0.25, -0.2) is 0 Å². The van der Waals surface area contributed by atoms with Crippen molar-refractivity contribution in [3.05, 3.63) is 35.4 Å². The van der Waals surface area contributed by atoms with Gasteiger partial charge in [0.15, 0.2) is 5.92 Å². The fourth-order valence-electron chi connectivity index (χ4n) is 1.74. The van der Waals surface area contributed by atoms with Crippen LogP contribution in [0.2, 0.25) is 0 Å². The lowest BCUT2D eigenvalue weighted by Crippen LogP contribution is -2.25. The molecule has 0 heterocycles. The first kappa shape index (κ1) is 16.5. The molecule has 1 atom stereocenters. The first-order valence-corrected chi connectivity index (χ1v) is 5.69. The summed E-state index contributed by atoms with van der Waals surface area (Å²) in [6.07, 6.45) is -5.21. The first-order chi connectivity index (χ1) is 9.66. The SMILES string of the molecule is N#C[C@@H](CC(C(=O)O)C(=O)O)c1cccc(C(F)(F)F)c1. The van der Waals surface area contributed by atoms with Gasteiger partial charge >= 0.3 is 18.1 Å². The van der Waals surface area contributed by atoms with E-state index >= 15 is 0 Å². The Morgan fingerprint density at radius 3 is 2.24 bits per heavy atom. The zero-order valence-electron chi connectivity index (χ0n) is 10.5. The molecule has 2 N–H and O–H groups in total. The second-order valence-electron chi connectivity index (χ2n) is 4.27. The molecule has 8 heteroatoms. The number of hydrogen-bond acceptors (Lipinski definition) is 3. The third kappa shape index (κ3) is 4.21. The molecular weight excluding hydrogens is 291 g/mol. The van der Waals surface area contributed by atoms with E-state index in [0.29, 0.717) is 6.07 Å². The van der Waals surface area contributed by atoms with Gasteiger partial charge in [0, 0.05) is 0 Å². The highest BCUT2D eigenvalue weighted by molar-refractivity contribution is 5.92. The number of carbonyl (C=O) groups is 2. The number of nitrogens with zero attached hydrogens (tertiary/aromatic N) is 1. The van der Waals surface area contributed by atoms with Crippen molar-refractivity contribution in [2.45, 2.75) is 18.5 Å². The molecule has 5 nitrogen and oxygen atoms in total. The van der Waals surface area contributed by atoms with Crippen LogP contribution in [0, 0.1) is 17.2 Å². The Hall–Kier alpha value is -2.56. The second-order valence-corrected chi connectivity index (χ2v) is 4.27. The predicted molar refractivity (Wildman–Crippen MR) is 63.2 cm³/mol. The summed E-state index contributed by atoms with van der Waals surface area (Å²) in [4.78, 5) is 21.6. The molecule has 0 saturated carbocycles. The minimum absolute atomic E-state index is 0.0696. The van der Waals surface area contributed by atoms with Gasteiger partial charge in [-0.1, -0.05) is 18.2 Å². The van der Waals surface area contributed by atoms with Gasteiger partial charge in [0.25, 0.3) is 0 Å². The first-order valence-electron chi connectivity index (χ1n) is 5.69. The van der Waals surface area contributed by atoms with Gasteiger partial charge in [-0.05, 0) is 18.1 Å². The molecule has 0 aliphatic rings. The highest BCUT2D eigenvalue weighted by Gasteiger charge is 2.33. The van der Waals surface area contributed by atoms with Crippen LogP contribution < -0.4 is 0 Å². The summed E-state index contributed by atoms with van der Waals surface area (Å²) in [6.45, 7) is 0. The molecule has 0 spiro atoms. The van der Waals surface area contributed by atoms with Gasteiger partial charge < -0.3 is 10.2 Å². The van der Waals surface area contributed by atoms with Crippen molar-refractivity contribution in [3.8, 4) is 6.07 Å². The second kappa shape index (κ2) is 6.26. The minimum atomic E-state index is -4.60. The van der Waals surface area contributed by atoms with Gasteiger partial charge in [-0.3, -0.25) is 9.59 Å². The zero-order chi connectivity index (χ0) is 16.2. The average Bonchev–Trinajstić information content (AvgIpc) is 2.38. The van der Waals surface area contributed by atoms with Crippen molar-refractivity contribution < 1.29 is 33.0 Å². The number of alkyl halides is 3. The number of aliphatic carboxylic acids is 2. The Morgan fingerprint density at radius 2 is 1.81 bits per heavy atom. The van der Waals surface area contributed by atoms with Crippen molar-refractivity contribution in [2.75, 3.05) is 0 Å². The van der Waals surface area contributed by atoms with Crippen LogP contribution in [0.25, 0.3) is 0 Å². The molecule has 0 fully saturated rings. The molecule has 1 aromatic carbocycles. The highest BCUT2D eigenvalue weighted by atomic mass is 19.4. The Morgan fingerprint density at radius 1 is 1.24 bits per heavy atom. The van der Waals surface area contributed by atoms with Gasteiger partial charge in [0.2, 0.25) is 0 Å². The van der Waals surface area contributed by atoms with Gasteiger partial charge in [-0.2, -0.15) is 18.4 Å². The predicted octanol–water partition coefficient (Wildman–Crippen LogP) is 2.49. The standard InChI is InChI=1S/C13H10F3NO4/c14-13(15,16)9-3-1-2-7(4-9)8(6-17)5-10(11(18)19)12(20)21/h1-4,8,10H,5H2,(H,18,19)(H,20,21)/t8-/m1/s1. The summed E-state index contributed by atoms with van der Waals surface area (Å²) < 4.78 is 37.7. The Balaban J connectivity index is 3.09. The van der Waals surface area contributed by atoms with E-state index in [0.717, 1.165) is 12.1 Å². The van der Waals surface area contributed by atoms with Crippen LogP contribution in [0.3, 0.4) is 0 Å². The number of benzene rings is 1. The van der Waals surface area contributed by atoms with Crippen molar-refractivity contribution in [2.24, 2.45) is 5.92 Å².